The van der Waals surface area contributed by atoms with Gasteiger partial charge in [-0.2, -0.15) is 0 Å². The molecule has 0 saturated heterocycles. The van der Waals surface area contributed by atoms with Crippen molar-refractivity contribution in [3.63, 3.8) is 0 Å². The van der Waals surface area contributed by atoms with Crippen molar-refractivity contribution in [3.05, 3.63) is 59.7 Å². The van der Waals surface area contributed by atoms with Crippen molar-refractivity contribution in [2.24, 2.45) is 0 Å². The predicted molar refractivity (Wildman–Crippen MR) is 96.4 cm³/mol. The van der Waals surface area contributed by atoms with Crippen LogP contribution in [0.4, 0.5) is 0 Å². The maximum Gasteiger partial charge on any atom is 0.161 e. The van der Waals surface area contributed by atoms with Crippen LogP contribution in [-0.4, -0.2) is 23.9 Å². The summed E-state index contributed by atoms with van der Waals surface area (Å²) >= 11 is 0. The summed E-state index contributed by atoms with van der Waals surface area (Å²) in [6, 6.07) is 16.0. The highest BCUT2D eigenvalue weighted by Gasteiger charge is 2.15. The number of hydrogen-bond acceptors (Lipinski definition) is 4. The first-order valence-electron chi connectivity index (χ1n) is 8.32. The minimum Gasteiger partial charge on any atom is -0.490 e. The van der Waals surface area contributed by atoms with Crippen molar-refractivity contribution < 1.29 is 14.6 Å². The summed E-state index contributed by atoms with van der Waals surface area (Å²) in [5, 5.41) is 12.7. The molecule has 4 heteroatoms. The zero-order valence-corrected chi connectivity index (χ0v) is 14.7. The molecule has 0 aliphatic carbocycles. The van der Waals surface area contributed by atoms with Gasteiger partial charge in [0.2, 0.25) is 0 Å². The minimum atomic E-state index is -0.311. The Morgan fingerprint density at radius 2 is 1.71 bits per heavy atom. The van der Waals surface area contributed by atoms with Gasteiger partial charge in [0.25, 0.3) is 0 Å². The number of rotatable bonds is 9. The number of nitrogens with one attached hydrogen (secondary N) is 1. The van der Waals surface area contributed by atoms with Crippen LogP contribution in [0.15, 0.2) is 48.5 Å². The Bertz CT molecular complexity index is 626. The second-order valence-electron chi connectivity index (χ2n) is 6.38. The van der Waals surface area contributed by atoms with Crippen LogP contribution in [0.3, 0.4) is 0 Å². The van der Waals surface area contributed by atoms with Crippen LogP contribution in [0, 0.1) is 0 Å². The standard InChI is InChI=1S/C20H27NO3/c1-4-23-19-12-17(13-21-20(2,3)15-22)10-11-18(19)24-14-16-8-6-5-7-9-16/h5-12,21-22H,4,13-15H2,1-3H3. The fourth-order valence-electron chi connectivity index (χ4n) is 2.18. The second kappa shape index (κ2) is 8.71. The van der Waals surface area contributed by atoms with Crippen LogP contribution >= 0.6 is 0 Å². The lowest BCUT2D eigenvalue weighted by molar-refractivity contribution is 0.187. The summed E-state index contributed by atoms with van der Waals surface area (Å²) in [5.74, 6) is 1.49. The van der Waals surface area contributed by atoms with Crippen molar-refractivity contribution in [1.29, 1.82) is 0 Å². The summed E-state index contributed by atoms with van der Waals surface area (Å²) < 4.78 is 11.6. The largest absolute Gasteiger partial charge is 0.490 e. The van der Waals surface area contributed by atoms with Crippen molar-refractivity contribution in [1.82, 2.24) is 5.32 Å². The Morgan fingerprint density at radius 3 is 2.38 bits per heavy atom. The molecule has 0 heterocycles. The van der Waals surface area contributed by atoms with E-state index in [1.165, 1.54) is 0 Å². The van der Waals surface area contributed by atoms with Crippen LogP contribution in [0.2, 0.25) is 0 Å². The van der Waals surface area contributed by atoms with Gasteiger partial charge in [-0.3, -0.25) is 0 Å². The predicted octanol–water partition coefficient (Wildman–Crippen LogP) is 3.52. The van der Waals surface area contributed by atoms with Gasteiger partial charge >= 0.3 is 0 Å². The third-order valence-electron chi connectivity index (χ3n) is 3.71. The van der Waals surface area contributed by atoms with E-state index in [0.29, 0.717) is 19.8 Å². The van der Waals surface area contributed by atoms with E-state index in [0.717, 1.165) is 22.6 Å². The summed E-state index contributed by atoms with van der Waals surface area (Å²) in [5.41, 5.74) is 1.90. The van der Waals surface area contributed by atoms with Crippen LogP contribution in [-0.2, 0) is 13.2 Å². The van der Waals surface area contributed by atoms with E-state index in [1.54, 1.807) is 0 Å². The molecule has 2 rings (SSSR count). The topological polar surface area (TPSA) is 50.7 Å². The number of benzene rings is 2. The maximum absolute atomic E-state index is 9.33. The van der Waals surface area contributed by atoms with Gasteiger partial charge in [-0.05, 0) is 44.0 Å². The lowest BCUT2D eigenvalue weighted by atomic mass is 10.1. The fraction of sp³-hybridized carbons (Fsp3) is 0.400. The molecule has 2 aromatic carbocycles. The lowest BCUT2D eigenvalue weighted by Crippen LogP contribution is -2.42. The fourth-order valence-corrected chi connectivity index (χ4v) is 2.18. The summed E-state index contributed by atoms with van der Waals surface area (Å²) in [6.45, 7) is 7.73. The molecule has 4 nitrogen and oxygen atoms in total. The van der Waals surface area contributed by atoms with Crippen molar-refractivity contribution >= 4 is 0 Å². The summed E-state index contributed by atoms with van der Waals surface area (Å²) in [4.78, 5) is 0. The zero-order valence-electron chi connectivity index (χ0n) is 14.7. The van der Waals surface area contributed by atoms with Gasteiger partial charge < -0.3 is 19.9 Å². The van der Waals surface area contributed by atoms with Crippen molar-refractivity contribution in [2.75, 3.05) is 13.2 Å². The number of aliphatic hydroxyl groups excluding tert-OH is 1. The van der Waals surface area contributed by atoms with Crippen LogP contribution in [0.5, 0.6) is 11.5 Å². The first-order valence-corrected chi connectivity index (χ1v) is 8.32. The number of ether oxygens (including phenoxy) is 2. The first kappa shape index (κ1) is 18.3. The third-order valence-corrected chi connectivity index (χ3v) is 3.71. The van der Waals surface area contributed by atoms with E-state index in [1.807, 2.05) is 69.3 Å². The highest BCUT2D eigenvalue weighted by molar-refractivity contribution is 5.43. The molecule has 0 atom stereocenters. The zero-order chi connectivity index (χ0) is 17.4. The first-order chi connectivity index (χ1) is 11.5. The van der Waals surface area contributed by atoms with Crippen molar-refractivity contribution in [2.45, 2.75) is 39.5 Å². The second-order valence-corrected chi connectivity index (χ2v) is 6.38. The molecule has 0 aliphatic rings. The molecule has 0 aliphatic heterocycles. The Hall–Kier alpha value is -2.04. The molecule has 0 radical (unpaired) electrons. The molecule has 2 aromatic rings. The highest BCUT2D eigenvalue weighted by atomic mass is 16.5. The van der Waals surface area contributed by atoms with E-state index in [2.05, 4.69) is 5.32 Å². The molecular formula is C20H27NO3. The lowest BCUT2D eigenvalue weighted by Gasteiger charge is -2.24. The van der Waals surface area contributed by atoms with Crippen molar-refractivity contribution in [3.8, 4) is 11.5 Å². The molecule has 0 fully saturated rings. The van der Waals surface area contributed by atoms with Gasteiger partial charge in [-0.1, -0.05) is 36.4 Å². The van der Waals surface area contributed by atoms with E-state index in [-0.39, 0.29) is 12.1 Å². The normalized spacial score (nSPS) is 11.3. The Labute approximate surface area is 144 Å². The molecule has 0 bridgehead atoms. The van der Waals surface area contributed by atoms with Gasteiger partial charge in [0.1, 0.15) is 6.61 Å². The highest BCUT2D eigenvalue weighted by Crippen LogP contribution is 2.29. The maximum atomic E-state index is 9.33. The Balaban J connectivity index is 2.05. The van der Waals surface area contributed by atoms with Crippen LogP contribution in [0.25, 0.3) is 0 Å². The van der Waals surface area contributed by atoms with E-state index in [4.69, 9.17) is 9.47 Å². The molecule has 24 heavy (non-hydrogen) atoms. The molecule has 0 unspecified atom stereocenters. The van der Waals surface area contributed by atoms with E-state index >= 15 is 0 Å². The average Bonchev–Trinajstić information content (AvgIpc) is 2.60. The average molecular weight is 329 g/mol. The number of aliphatic hydroxyl groups is 1. The molecule has 0 spiro atoms. The van der Waals surface area contributed by atoms with Gasteiger partial charge in [0.15, 0.2) is 11.5 Å². The van der Waals surface area contributed by atoms with Crippen LogP contribution in [0.1, 0.15) is 31.9 Å². The summed E-state index contributed by atoms with van der Waals surface area (Å²) in [7, 11) is 0. The Kier molecular flexibility index (Phi) is 6.64. The van der Waals surface area contributed by atoms with Gasteiger partial charge in [0, 0.05) is 12.1 Å². The minimum absolute atomic E-state index is 0.0869. The summed E-state index contributed by atoms with van der Waals surface area (Å²) in [6.07, 6.45) is 0. The molecule has 2 N–H and O–H groups in total. The van der Waals surface area contributed by atoms with E-state index < -0.39 is 0 Å². The molecule has 0 amide bonds. The SMILES string of the molecule is CCOc1cc(CNC(C)(C)CO)ccc1OCc1ccccc1. The molecule has 0 saturated carbocycles. The van der Waals surface area contributed by atoms with Gasteiger partial charge in [-0.25, -0.2) is 0 Å². The molecule has 130 valence electrons. The van der Waals surface area contributed by atoms with Gasteiger partial charge in [0.05, 0.1) is 13.2 Å². The number of hydrogen-bond donors (Lipinski definition) is 2. The quantitative estimate of drug-likeness (QED) is 0.739. The van der Waals surface area contributed by atoms with E-state index in [9.17, 15) is 5.11 Å². The third kappa shape index (κ3) is 5.55. The molecule has 0 aromatic heterocycles. The van der Waals surface area contributed by atoms with Gasteiger partial charge in [-0.15, -0.1) is 0 Å². The smallest absolute Gasteiger partial charge is 0.161 e. The molecular weight excluding hydrogens is 302 g/mol. The Morgan fingerprint density at radius 1 is 0.958 bits per heavy atom. The van der Waals surface area contributed by atoms with Crippen LogP contribution < -0.4 is 14.8 Å². The monoisotopic (exact) mass is 329 g/mol.